The van der Waals surface area contributed by atoms with E-state index in [1.807, 2.05) is 0 Å². The summed E-state index contributed by atoms with van der Waals surface area (Å²) in [5.41, 5.74) is 0. The van der Waals surface area contributed by atoms with Crippen LogP contribution in [0.5, 0.6) is 0 Å². The Kier molecular flexibility index (Phi) is 13.0. The molecule has 0 bridgehead atoms. The van der Waals surface area contributed by atoms with E-state index in [1.165, 1.54) is 0 Å². The van der Waals surface area contributed by atoms with Crippen molar-refractivity contribution in [2.24, 2.45) is 0 Å². The summed E-state index contributed by atoms with van der Waals surface area (Å²) in [6.07, 6.45) is 4.54. The van der Waals surface area contributed by atoms with Crippen LogP contribution in [-0.2, 0) is 10.1 Å². The van der Waals surface area contributed by atoms with Crippen molar-refractivity contribution in [3.8, 4) is 0 Å². The van der Waals surface area contributed by atoms with Gasteiger partial charge in [-0.15, -0.1) is 69.6 Å². The van der Waals surface area contributed by atoms with Crippen molar-refractivity contribution < 1.29 is 13.0 Å². The van der Waals surface area contributed by atoms with Gasteiger partial charge < -0.3 is 0 Å². The third-order valence-corrected chi connectivity index (χ3v) is 7.39. The Morgan fingerprint density at radius 2 is 1.27 bits per heavy atom. The standard InChI is InChI=1S/C12H20Cl6O3S/c13-6-4-2-1-3-5-8(14)10(16)12(18)11(17)9(15)7-22(19,20)21/h8-12H,1-7H2,(H,19,20,21). The molecule has 5 atom stereocenters. The maximum atomic E-state index is 10.8. The summed E-state index contributed by atoms with van der Waals surface area (Å²) in [7, 11) is -4.23. The van der Waals surface area contributed by atoms with Crippen molar-refractivity contribution >= 4 is 79.7 Å². The Labute approximate surface area is 162 Å². The van der Waals surface area contributed by atoms with E-state index in [1.54, 1.807) is 0 Å². The first-order valence-electron chi connectivity index (χ1n) is 6.81. The van der Waals surface area contributed by atoms with Crippen LogP contribution in [0.3, 0.4) is 0 Å². The first-order valence-corrected chi connectivity index (χ1v) is 11.1. The highest BCUT2D eigenvalue weighted by molar-refractivity contribution is 7.85. The van der Waals surface area contributed by atoms with Gasteiger partial charge in [0, 0.05) is 5.88 Å². The quantitative estimate of drug-likeness (QED) is 0.252. The van der Waals surface area contributed by atoms with Crippen LogP contribution in [0.2, 0.25) is 0 Å². The van der Waals surface area contributed by atoms with Gasteiger partial charge in [0.25, 0.3) is 10.1 Å². The first-order chi connectivity index (χ1) is 10.1. The zero-order valence-electron chi connectivity index (χ0n) is 11.8. The number of hydrogen-bond donors (Lipinski definition) is 1. The van der Waals surface area contributed by atoms with Crippen LogP contribution >= 0.6 is 69.6 Å². The van der Waals surface area contributed by atoms with Crippen LogP contribution < -0.4 is 0 Å². The lowest BCUT2D eigenvalue weighted by Gasteiger charge is -2.26. The number of hydrogen-bond acceptors (Lipinski definition) is 2. The monoisotopic (exact) mass is 454 g/mol. The van der Waals surface area contributed by atoms with Gasteiger partial charge in [-0.2, -0.15) is 8.42 Å². The smallest absolute Gasteiger partial charge is 0.266 e. The summed E-state index contributed by atoms with van der Waals surface area (Å²) in [6.45, 7) is 0. The van der Waals surface area contributed by atoms with Gasteiger partial charge in [-0.05, 0) is 12.8 Å². The molecule has 0 saturated carbocycles. The minimum atomic E-state index is -4.23. The van der Waals surface area contributed by atoms with Gasteiger partial charge >= 0.3 is 0 Å². The fraction of sp³-hybridized carbons (Fsp3) is 1.00. The fourth-order valence-corrected chi connectivity index (χ4v) is 4.77. The van der Waals surface area contributed by atoms with Crippen molar-refractivity contribution in [2.45, 2.75) is 59.0 Å². The molecule has 0 amide bonds. The first kappa shape index (κ1) is 23.6. The van der Waals surface area contributed by atoms with Crippen LogP contribution in [0, 0.1) is 0 Å². The Morgan fingerprint density at radius 1 is 0.773 bits per heavy atom. The SMILES string of the molecule is O=S(=O)(O)CC(Cl)C(Cl)C(Cl)C(Cl)C(Cl)CCCCCCCl. The second-order valence-electron chi connectivity index (χ2n) is 5.01. The van der Waals surface area contributed by atoms with Crippen LogP contribution in [0.1, 0.15) is 32.1 Å². The second kappa shape index (κ2) is 12.1. The Bertz CT molecular complexity index is 394. The molecule has 0 saturated heterocycles. The third kappa shape index (κ3) is 10.5. The highest BCUT2D eigenvalue weighted by Crippen LogP contribution is 2.30. The number of alkyl halides is 6. The molecular weight excluding hydrogens is 437 g/mol. The molecule has 10 heteroatoms. The van der Waals surface area contributed by atoms with E-state index < -0.39 is 42.8 Å². The molecule has 134 valence electrons. The molecular formula is C12H20Cl6O3S. The van der Waals surface area contributed by atoms with Crippen LogP contribution in [0.25, 0.3) is 0 Å². The third-order valence-electron chi connectivity index (χ3n) is 3.03. The summed E-state index contributed by atoms with van der Waals surface area (Å²) in [4.78, 5) is 0. The lowest BCUT2D eigenvalue weighted by Crippen LogP contribution is -2.39. The minimum Gasteiger partial charge on any atom is -0.286 e. The lowest BCUT2D eigenvalue weighted by molar-refractivity contribution is 0.480. The molecule has 0 aliphatic rings. The predicted octanol–water partition coefficient (Wildman–Crippen LogP) is 5.10. The summed E-state index contributed by atoms with van der Waals surface area (Å²) >= 11 is 36.0. The minimum absolute atomic E-state index is 0.406. The van der Waals surface area contributed by atoms with Gasteiger partial charge in [-0.1, -0.05) is 19.3 Å². The van der Waals surface area contributed by atoms with E-state index in [2.05, 4.69) is 0 Å². The predicted molar refractivity (Wildman–Crippen MR) is 98.4 cm³/mol. The van der Waals surface area contributed by atoms with Crippen molar-refractivity contribution in [1.29, 1.82) is 0 Å². The molecule has 0 radical (unpaired) electrons. The summed E-state index contributed by atoms with van der Waals surface area (Å²) in [5.74, 6) is -0.0497. The molecule has 0 aromatic rings. The van der Waals surface area contributed by atoms with Gasteiger partial charge in [0.1, 0.15) is 0 Å². The average Bonchev–Trinajstić information content (AvgIpc) is 2.42. The Hall–Kier alpha value is 1.65. The molecule has 5 unspecified atom stereocenters. The van der Waals surface area contributed by atoms with E-state index in [4.69, 9.17) is 74.2 Å². The molecule has 0 aromatic heterocycles. The second-order valence-corrected chi connectivity index (χ2v) is 9.51. The number of unbranched alkanes of at least 4 members (excludes halogenated alkanes) is 3. The highest BCUT2D eigenvalue weighted by Gasteiger charge is 2.35. The van der Waals surface area contributed by atoms with Crippen LogP contribution in [-0.4, -0.2) is 51.5 Å². The lowest BCUT2D eigenvalue weighted by atomic mass is 10.0. The maximum absolute atomic E-state index is 10.8. The molecule has 0 spiro atoms. The molecule has 22 heavy (non-hydrogen) atoms. The molecule has 0 aromatic carbocycles. The van der Waals surface area contributed by atoms with Gasteiger partial charge in [0.15, 0.2) is 0 Å². The molecule has 0 heterocycles. The molecule has 1 N–H and O–H groups in total. The molecule has 3 nitrogen and oxygen atoms in total. The summed E-state index contributed by atoms with van der Waals surface area (Å²) in [5, 5.41) is -3.89. The van der Waals surface area contributed by atoms with Crippen molar-refractivity contribution in [2.75, 3.05) is 11.6 Å². The van der Waals surface area contributed by atoms with Crippen LogP contribution in [0.4, 0.5) is 0 Å². The number of rotatable bonds is 12. The van der Waals surface area contributed by atoms with Crippen LogP contribution in [0.15, 0.2) is 0 Å². The van der Waals surface area contributed by atoms with E-state index in [0.29, 0.717) is 12.3 Å². The normalized spacial score (nSPS) is 19.4. The zero-order valence-corrected chi connectivity index (χ0v) is 17.1. The molecule has 0 aliphatic heterocycles. The Balaban J connectivity index is 4.29. The van der Waals surface area contributed by atoms with Crippen molar-refractivity contribution in [3.05, 3.63) is 0 Å². The van der Waals surface area contributed by atoms with E-state index >= 15 is 0 Å². The number of halogens is 6. The van der Waals surface area contributed by atoms with E-state index in [-0.39, 0.29) is 0 Å². The Morgan fingerprint density at radius 3 is 1.77 bits per heavy atom. The largest absolute Gasteiger partial charge is 0.286 e. The van der Waals surface area contributed by atoms with Gasteiger partial charge in [0.05, 0.1) is 32.6 Å². The topological polar surface area (TPSA) is 54.4 Å². The van der Waals surface area contributed by atoms with Gasteiger partial charge in [-0.25, -0.2) is 0 Å². The maximum Gasteiger partial charge on any atom is 0.266 e. The van der Waals surface area contributed by atoms with Crippen molar-refractivity contribution in [1.82, 2.24) is 0 Å². The van der Waals surface area contributed by atoms with Gasteiger partial charge in [-0.3, -0.25) is 4.55 Å². The summed E-state index contributed by atoms with van der Waals surface area (Å²) < 4.78 is 30.4. The molecule has 0 fully saturated rings. The summed E-state index contributed by atoms with van der Waals surface area (Å²) in [6, 6.07) is 0. The highest BCUT2D eigenvalue weighted by atomic mass is 35.5. The zero-order chi connectivity index (χ0) is 17.3. The van der Waals surface area contributed by atoms with Gasteiger partial charge in [0.2, 0.25) is 0 Å². The van der Waals surface area contributed by atoms with E-state index in [9.17, 15) is 8.42 Å². The van der Waals surface area contributed by atoms with E-state index in [0.717, 1.165) is 25.7 Å². The fourth-order valence-electron chi connectivity index (χ4n) is 1.81. The van der Waals surface area contributed by atoms with Crippen molar-refractivity contribution in [3.63, 3.8) is 0 Å². The average molecular weight is 457 g/mol. The molecule has 0 aliphatic carbocycles. The molecule has 0 rings (SSSR count).